The summed E-state index contributed by atoms with van der Waals surface area (Å²) in [6, 6.07) is 36.4. The molecule has 1 aliphatic rings. The van der Waals surface area contributed by atoms with Gasteiger partial charge in [-0.3, -0.25) is 9.69 Å². The highest BCUT2D eigenvalue weighted by Crippen LogP contribution is 2.41. The van der Waals surface area contributed by atoms with E-state index in [4.69, 9.17) is 0 Å². The van der Waals surface area contributed by atoms with Gasteiger partial charge in [-0.1, -0.05) is 178 Å². The van der Waals surface area contributed by atoms with Crippen LogP contribution in [0.5, 0.6) is 0 Å². The van der Waals surface area contributed by atoms with E-state index in [9.17, 15) is 0 Å². The quantitative estimate of drug-likeness (QED) is 0.133. The summed E-state index contributed by atoms with van der Waals surface area (Å²) in [5.41, 5.74) is 9.86. The Bertz CT molecular complexity index is 2200. The fraction of sp³-hybridized carbons (Fsp3) is 0.0870. The van der Waals surface area contributed by atoms with Crippen molar-refractivity contribution >= 4 is 40.9 Å². The minimum Gasteiger partial charge on any atom is -0.284 e. The Labute approximate surface area is 285 Å². The van der Waals surface area contributed by atoms with Crippen LogP contribution in [0.4, 0.5) is 5.69 Å². The number of hydrogen-bond acceptors (Lipinski definition) is 1. The minimum absolute atomic E-state index is 0.348. The van der Waals surface area contributed by atoms with Gasteiger partial charge in [0.15, 0.2) is 0 Å². The zero-order valence-electron chi connectivity index (χ0n) is 27.7. The van der Waals surface area contributed by atoms with Gasteiger partial charge >= 0.3 is 0 Å². The number of allylic oxidation sites excluding steroid dienone is 11. The molecule has 0 aliphatic heterocycles. The summed E-state index contributed by atoms with van der Waals surface area (Å²) in [5.74, 6) is 0.348. The summed E-state index contributed by atoms with van der Waals surface area (Å²) in [6.45, 7) is 12.4. The first-order valence-electron chi connectivity index (χ1n) is 16.5. The van der Waals surface area contributed by atoms with E-state index in [0.717, 1.165) is 34.6 Å². The molecule has 0 saturated carbocycles. The molecule has 1 aliphatic carbocycles. The van der Waals surface area contributed by atoms with Gasteiger partial charge in [-0.25, -0.2) is 0 Å². The lowest BCUT2D eigenvalue weighted by Gasteiger charge is -2.25. The molecule has 4 aromatic carbocycles. The van der Waals surface area contributed by atoms with E-state index in [1.54, 1.807) is 6.08 Å². The largest absolute Gasteiger partial charge is 0.284 e. The summed E-state index contributed by atoms with van der Waals surface area (Å²) >= 11 is 0. The van der Waals surface area contributed by atoms with Crippen LogP contribution in [-0.4, -0.2) is 11.7 Å². The fourth-order valence-corrected chi connectivity index (χ4v) is 6.65. The molecule has 0 radical (unpaired) electrons. The maximum absolute atomic E-state index is 4.65. The van der Waals surface area contributed by atoms with Gasteiger partial charge in [-0.2, -0.15) is 0 Å². The first-order valence-corrected chi connectivity index (χ1v) is 16.5. The van der Waals surface area contributed by atoms with Gasteiger partial charge < -0.3 is 0 Å². The number of nitrogens with zero attached hydrogens (tertiary/aromatic N) is 2. The highest BCUT2D eigenvalue weighted by atomic mass is 15.5. The molecule has 0 saturated heterocycles. The maximum Gasteiger partial charge on any atom is 0.0711 e. The third-order valence-electron chi connectivity index (χ3n) is 8.94. The zero-order valence-corrected chi connectivity index (χ0v) is 27.7. The van der Waals surface area contributed by atoms with Gasteiger partial charge in [-0.15, -0.1) is 0 Å². The lowest BCUT2D eigenvalue weighted by Crippen LogP contribution is -2.38. The second-order valence-corrected chi connectivity index (χ2v) is 12.0. The van der Waals surface area contributed by atoms with Crippen molar-refractivity contribution in [2.75, 3.05) is 12.1 Å². The predicted molar refractivity (Wildman–Crippen MR) is 209 cm³/mol. The summed E-state index contributed by atoms with van der Waals surface area (Å²) in [4.78, 5) is 0. The summed E-state index contributed by atoms with van der Waals surface area (Å²) in [6.07, 6.45) is 24.8. The Hall–Kier alpha value is -5.86. The molecule has 2 heteroatoms. The molecule has 1 heterocycles. The molecule has 0 N–H and O–H groups in total. The SMILES string of the molecule is C=C/C=C\C=C/C1C/C(=C\C=c2/c(=C)n(N(C)c3ccccc3C/C(C=Cc3ccccc3)=C/C=C)c3ccccc23)c2ccccc21. The Morgan fingerprint density at radius 3 is 2.40 bits per heavy atom. The molecule has 1 atom stereocenters. The van der Waals surface area contributed by atoms with Gasteiger partial charge in [0.05, 0.1) is 16.6 Å². The number of para-hydroxylation sites is 2. The van der Waals surface area contributed by atoms with Crippen molar-refractivity contribution in [2.45, 2.75) is 18.8 Å². The van der Waals surface area contributed by atoms with Crippen LogP contribution in [0.3, 0.4) is 0 Å². The third-order valence-corrected chi connectivity index (χ3v) is 8.94. The number of aromatic nitrogens is 1. The second kappa shape index (κ2) is 15.2. The Morgan fingerprint density at radius 1 is 0.812 bits per heavy atom. The molecule has 0 bridgehead atoms. The monoisotopic (exact) mass is 622 g/mol. The minimum atomic E-state index is 0.348. The predicted octanol–water partition coefficient (Wildman–Crippen LogP) is 9.97. The van der Waals surface area contributed by atoms with Crippen LogP contribution >= 0.6 is 0 Å². The molecule has 236 valence electrons. The molecule has 1 aromatic heterocycles. The molecule has 6 rings (SSSR count). The number of anilines is 1. The second-order valence-electron chi connectivity index (χ2n) is 12.0. The molecule has 2 nitrogen and oxygen atoms in total. The van der Waals surface area contributed by atoms with E-state index in [2.05, 4.69) is 176 Å². The molecule has 0 spiro atoms. The first kappa shape index (κ1) is 32.1. The average Bonchev–Trinajstić information content (AvgIpc) is 3.62. The Balaban J connectivity index is 1.37. The normalized spacial score (nSPS) is 16.1. The molecule has 0 fully saturated rings. The number of benzene rings is 4. The van der Waals surface area contributed by atoms with Crippen LogP contribution in [0.25, 0.3) is 35.2 Å². The standard InChI is InChI=1S/C46H42N2/c1-5-7-8-12-22-38-34-39(43-25-15-14-24-42(38)43)31-32-41-35(3)48(46-28-18-16-26-44(41)46)47(4)45-27-17-13-23-40(45)33-37(19-6-2)30-29-36-20-10-9-11-21-36/h5-32,38H,1-3,33-34H2,4H3/b8-7-,22-12-,30-29?,37-19+,39-31+,41-32+. The number of hydrogen-bond donors (Lipinski definition) is 0. The van der Waals surface area contributed by atoms with Gasteiger partial charge in [-0.05, 0) is 58.4 Å². The van der Waals surface area contributed by atoms with Gasteiger partial charge in [0.2, 0.25) is 0 Å². The van der Waals surface area contributed by atoms with E-state index in [1.807, 2.05) is 24.3 Å². The molecule has 0 amide bonds. The smallest absolute Gasteiger partial charge is 0.0711 e. The van der Waals surface area contributed by atoms with E-state index < -0.39 is 0 Å². The van der Waals surface area contributed by atoms with Gasteiger partial charge in [0.25, 0.3) is 0 Å². The van der Waals surface area contributed by atoms with Crippen molar-refractivity contribution in [3.8, 4) is 0 Å². The van der Waals surface area contributed by atoms with Gasteiger partial charge in [0.1, 0.15) is 0 Å². The van der Waals surface area contributed by atoms with E-state index in [0.29, 0.717) is 5.92 Å². The first-order chi connectivity index (χ1) is 23.6. The van der Waals surface area contributed by atoms with Crippen molar-refractivity contribution in [3.05, 3.63) is 209 Å². The maximum atomic E-state index is 4.65. The molecular weight excluding hydrogens is 581 g/mol. The van der Waals surface area contributed by atoms with Crippen LogP contribution < -0.4 is 15.6 Å². The zero-order chi connectivity index (χ0) is 33.3. The summed E-state index contributed by atoms with van der Waals surface area (Å²) in [7, 11) is 2.13. The van der Waals surface area contributed by atoms with Crippen molar-refractivity contribution in [1.82, 2.24) is 4.68 Å². The lowest BCUT2D eigenvalue weighted by atomic mass is 10.0. The van der Waals surface area contributed by atoms with Crippen LogP contribution in [0, 0.1) is 0 Å². The highest BCUT2D eigenvalue weighted by Gasteiger charge is 2.23. The topological polar surface area (TPSA) is 8.17 Å². The summed E-state index contributed by atoms with van der Waals surface area (Å²) < 4.78 is 2.25. The van der Waals surface area contributed by atoms with Crippen LogP contribution in [-0.2, 0) is 6.42 Å². The van der Waals surface area contributed by atoms with E-state index in [-0.39, 0.29) is 0 Å². The van der Waals surface area contributed by atoms with Crippen molar-refractivity contribution in [3.63, 3.8) is 0 Å². The Kier molecular flexibility index (Phi) is 10.1. The lowest BCUT2D eigenvalue weighted by molar-refractivity contribution is 0.778. The van der Waals surface area contributed by atoms with Crippen molar-refractivity contribution < 1.29 is 0 Å². The third kappa shape index (κ3) is 6.94. The average molecular weight is 623 g/mol. The summed E-state index contributed by atoms with van der Waals surface area (Å²) in [5, 5.41) is 5.50. The van der Waals surface area contributed by atoms with Crippen molar-refractivity contribution in [1.29, 1.82) is 0 Å². The highest BCUT2D eigenvalue weighted by molar-refractivity contribution is 5.85. The molecule has 1 unspecified atom stereocenters. The number of rotatable bonds is 11. The van der Waals surface area contributed by atoms with Crippen LogP contribution in [0.15, 0.2) is 177 Å². The van der Waals surface area contributed by atoms with Gasteiger partial charge in [0, 0.05) is 23.6 Å². The van der Waals surface area contributed by atoms with E-state index in [1.165, 1.54) is 38.8 Å². The van der Waals surface area contributed by atoms with Crippen molar-refractivity contribution in [2.24, 2.45) is 0 Å². The molecular formula is C46H42N2. The van der Waals surface area contributed by atoms with E-state index >= 15 is 0 Å². The molecule has 5 aromatic rings. The number of fused-ring (bicyclic) bond motifs is 2. The van der Waals surface area contributed by atoms with Crippen LogP contribution in [0.1, 0.15) is 34.6 Å². The molecule has 48 heavy (non-hydrogen) atoms. The Morgan fingerprint density at radius 2 is 1.56 bits per heavy atom. The van der Waals surface area contributed by atoms with Crippen LogP contribution in [0.2, 0.25) is 0 Å². The fourth-order valence-electron chi connectivity index (χ4n) is 6.65.